The summed E-state index contributed by atoms with van der Waals surface area (Å²) in [6, 6.07) is 5.31. The molecule has 0 bridgehead atoms. The summed E-state index contributed by atoms with van der Waals surface area (Å²) in [7, 11) is 1.37. The van der Waals surface area contributed by atoms with Crippen LogP contribution in [0.25, 0.3) is 0 Å². The molecule has 0 unspecified atom stereocenters. The SMILES string of the molecule is COC(=O)c1ccc(NC(=O)[C@@]23CCCC[C@H]2CNC3)cc1C. The second-order valence-corrected chi connectivity index (χ2v) is 6.71. The van der Waals surface area contributed by atoms with Crippen LogP contribution < -0.4 is 10.6 Å². The predicted molar refractivity (Wildman–Crippen MR) is 88.4 cm³/mol. The highest BCUT2D eigenvalue weighted by Crippen LogP contribution is 2.44. The van der Waals surface area contributed by atoms with E-state index >= 15 is 0 Å². The lowest BCUT2D eigenvalue weighted by Gasteiger charge is -2.37. The van der Waals surface area contributed by atoms with Crippen LogP contribution in [0.5, 0.6) is 0 Å². The number of rotatable bonds is 3. The van der Waals surface area contributed by atoms with Crippen LogP contribution in [0.1, 0.15) is 41.6 Å². The third kappa shape index (κ3) is 2.85. The molecule has 1 aliphatic carbocycles. The fourth-order valence-corrected chi connectivity index (χ4v) is 4.03. The Morgan fingerprint density at radius 1 is 1.35 bits per heavy atom. The van der Waals surface area contributed by atoms with Gasteiger partial charge in [-0.1, -0.05) is 12.8 Å². The molecule has 0 spiro atoms. The van der Waals surface area contributed by atoms with Crippen molar-refractivity contribution in [2.75, 3.05) is 25.5 Å². The molecule has 1 aromatic carbocycles. The molecule has 124 valence electrons. The van der Waals surface area contributed by atoms with Crippen molar-refractivity contribution >= 4 is 17.6 Å². The third-order valence-electron chi connectivity index (χ3n) is 5.38. The maximum atomic E-state index is 12.9. The van der Waals surface area contributed by atoms with Crippen molar-refractivity contribution in [1.82, 2.24) is 5.32 Å². The van der Waals surface area contributed by atoms with Gasteiger partial charge in [-0.15, -0.1) is 0 Å². The van der Waals surface area contributed by atoms with Crippen molar-refractivity contribution in [2.24, 2.45) is 11.3 Å². The maximum absolute atomic E-state index is 12.9. The van der Waals surface area contributed by atoms with Crippen LogP contribution in [0.2, 0.25) is 0 Å². The fourth-order valence-electron chi connectivity index (χ4n) is 4.03. The summed E-state index contributed by atoms with van der Waals surface area (Å²) in [4.78, 5) is 24.6. The van der Waals surface area contributed by atoms with Crippen LogP contribution >= 0.6 is 0 Å². The molecule has 23 heavy (non-hydrogen) atoms. The topological polar surface area (TPSA) is 67.4 Å². The Balaban J connectivity index is 1.78. The Morgan fingerprint density at radius 2 is 2.17 bits per heavy atom. The Labute approximate surface area is 136 Å². The van der Waals surface area contributed by atoms with Crippen molar-refractivity contribution in [3.05, 3.63) is 29.3 Å². The van der Waals surface area contributed by atoms with Crippen molar-refractivity contribution < 1.29 is 14.3 Å². The molecule has 2 aliphatic rings. The molecule has 5 nitrogen and oxygen atoms in total. The zero-order valence-corrected chi connectivity index (χ0v) is 13.8. The molecule has 5 heteroatoms. The molecule has 2 fully saturated rings. The van der Waals surface area contributed by atoms with Crippen molar-refractivity contribution in [3.63, 3.8) is 0 Å². The summed E-state index contributed by atoms with van der Waals surface area (Å²) in [6.45, 7) is 3.55. The number of esters is 1. The van der Waals surface area contributed by atoms with E-state index in [9.17, 15) is 9.59 Å². The first-order valence-electron chi connectivity index (χ1n) is 8.28. The van der Waals surface area contributed by atoms with Crippen LogP contribution in [0.4, 0.5) is 5.69 Å². The molecule has 1 saturated carbocycles. The number of carbonyl (C=O) groups excluding carboxylic acids is 2. The molecule has 1 aliphatic heterocycles. The number of benzene rings is 1. The highest BCUT2D eigenvalue weighted by Gasteiger charge is 2.49. The molecule has 3 rings (SSSR count). The Kier molecular flexibility index (Phi) is 4.39. The first-order valence-corrected chi connectivity index (χ1v) is 8.28. The van der Waals surface area contributed by atoms with Crippen molar-refractivity contribution in [1.29, 1.82) is 0 Å². The lowest BCUT2D eigenvalue weighted by atomic mass is 9.67. The van der Waals surface area contributed by atoms with Crippen LogP contribution in [-0.4, -0.2) is 32.1 Å². The van der Waals surface area contributed by atoms with Crippen LogP contribution in [0.3, 0.4) is 0 Å². The number of fused-ring (bicyclic) bond motifs is 1. The molecule has 2 N–H and O–H groups in total. The van der Waals surface area contributed by atoms with E-state index in [1.54, 1.807) is 12.1 Å². The number of anilines is 1. The number of carbonyl (C=O) groups is 2. The molecule has 1 heterocycles. The predicted octanol–water partition coefficient (Wildman–Crippen LogP) is 2.50. The molecular formula is C18H24N2O3. The van der Waals surface area contributed by atoms with E-state index in [4.69, 9.17) is 4.74 Å². The monoisotopic (exact) mass is 316 g/mol. The van der Waals surface area contributed by atoms with E-state index in [0.717, 1.165) is 43.6 Å². The lowest BCUT2D eigenvalue weighted by molar-refractivity contribution is -0.128. The largest absolute Gasteiger partial charge is 0.465 e. The first-order chi connectivity index (χ1) is 11.1. The first kappa shape index (κ1) is 16.0. The number of ether oxygens (including phenoxy) is 1. The van der Waals surface area contributed by atoms with Gasteiger partial charge in [0.2, 0.25) is 5.91 Å². The van der Waals surface area contributed by atoms with Gasteiger partial charge in [-0.25, -0.2) is 4.79 Å². The summed E-state index contributed by atoms with van der Waals surface area (Å²) in [6.07, 6.45) is 4.41. The van der Waals surface area contributed by atoms with Crippen molar-refractivity contribution in [2.45, 2.75) is 32.6 Å². The minimum absolute atomic E-state index is 0.109. The van der Waals surface area contributed by atoms with Crippen molar-refractivity contribution in [3.8, 4) is 0 Å². The van der Waals surface area contributed by atoms with Gasteiger partial charge in [0.05, 0.1) is 18.1 Å². The molecule has 1 amide bonds. The summed E-state index contributed by atoms with van der Waals surface area (Å²) in [5.74, 6) is 0.190. The zero-order valence-electron chi connectivity index (χ0n) is 13.8. The standard InChI is InChI=1S/C18H24N2O3/c1-12-9-14(6-7-15(12)16(21)23-2)20-17(22)18-8-4-3-5-13(18)10-19-11-18/h6-7,9,13,19H,3-5,8,10-11H2,1-2H3,(H,20,22)/t13-,18+/m0/s1. The highest BCUT2D eigenvalue weighted by atomic mass is 16.5. The van der Waals surface area contributed by atoms with E-state index in [-0.39, 0.29) is 17.3 Å². The van der Waals surface area contributed by atoms with Gasteiger partial charge >= 0.3 is 5.97 Å². The third-order valence-corrected chi connectivity index (χ3v) is 5.38. The van der Waals surface area contributed by atoms with Gasteiger partial charge in [0.1, 0.15) is 0 Å². The average Bonchev–Trinajstić information content (AvgIpc) is 2.99. The van der Waals surface area contributed by atoms with E-state index in [2.05, 4.69) is 10.6 Å². The van der Waals surface area contributed by atoms with Gasteiger partial charge < -0.3 is 15.4 Å². The second-order valence-electron chi connectivity index (χ2n) is 6.71. The molecule has 0 radical (unpaired) electrons. The molecule has 1 aromatic rings. The summed E-state index contributed by atoms with van der Waals surface area (Å²) in [5, 5.41) is 6.46. The van der Waals surface area contributed by atoms with Gasteiger partial charge in [-0.2, -0.15) is 0 Å². The minimum atomic E-state index is -0.355. The van der Waals surface area contributed by atoms with Crippen LogP contribution in [-0.2, 0) is 9.53 Å². The number of hydrogen-bond acceptors (Lipinski definition) is 4. The van der Waals surface area contributed by atoms with Gasteiger partial charge in [-0.3, -0.25) is 4.79 Å². The quantitative estimate of drug-likeness (QED) is 0.841. The van der Waals surface area contributed by atoms with Gasteiger partial charge in [0.15, 0.2) is 0 Å². The maximum Gasteiger partial charge on any atom is 0.338 e. The number of methoxy groups -OCH3 is 1. The molecule has 1 saturated heterocycles. The normalized spacial score (nSPS) is 26.4. The van der Waals surface area contributed by atoms with Crippen LogP contribution in [0, 0.1) is 18.3 Å². The summed E-state index contributed by atoms with van der Waals surface area (Å²) >= 11 is 0. The molecule has 0 aromatic heterocycles. The second kappa shape index (κ2) is 6.32. The Hall–Kier alpha value is -1.88. The average molecular weight is 316 g/mol. The van der Waals surface area contributed by atoms with E-state index in [1.165, 1.54) is 13.5 Å². The van der Waals surface area contributed by atoms with E-state index in [1.807, 2.05) is 13.0 Å². The lowest BCUT2D eigenvalue weighted by Crippen LogP contribution is -2.44. The van der Waals surface area contributed by atoms with Gasteiger partial charge in [0, 0.05) is 12.2 Å². The molecular weight excluding hydrogens is 292 g/mol. The van der Waals surface area contributed by atoms with E-state index in [0.29, 0.717) is 11.5 Å². The number of nitrogens with one attached hydrogen (secondary N) is 2. The van der Waals surface area contributed by atoms with Gasteiger partial charge in [-0.05, 0) is 56.0 Å². The molecule has 2 atom stereocenters. The van der Waals surface area contributed by atoms with E-state index < -0.39 is 0 Å². The fraction of sp³-hybridized carbons (Fsp3) is 0.556. The number of amides is 1. The number of hydrogen-bond donors (Lipinski definition) is 2. The summed E-state index contributed by atoms with van der Waals surface area (Å²) < 4.78 is 4.75. The minimum Gasteiger partial charge on any atom is -0.465 e. The smallest absolute Gasteiger partial charge is 0.338 e. The number of aryl methyl sites for hydroxylation is 1. The Morgan fingerprint density at radius 3 is 2.91 bits per heavy atom. The van der Waals surface area contributed by atoms with Gasteiger partial charge in [0.25, 0.3) is 0 Å². The Bertz CT molecular complexity index is 629. The summed E-state index contributed by atoms with van der Waals surface area (Å²) in [5.41, 5.74) is 1.80. The van der Waals surface area contributed by atoms with Crippen LogP contribution in [0.15, 0.2) is 18.2 Å². The zero-order chi connectivity index (χ0) is 16.4. The highest BCUT2D eigenvalue weighted by molar-refractivity contribution is 5.97.